The molecule has 0 fully saturated rings. The molecule has 0 bridgehead atoms. The summed E-state index contributed by atoms with van der Waals surface area (Å²) in [5.74, 6) is -0.689. The Bertz CT molecular complexity index is 907. The van der Waals surface area contributed by atoms with E-state index in [1.54, 1.807) is 12.1 Å². The molecule has 0 spiro atoms. The molecule has 1 heterocycles. The first-order valence-electron chi connectivity index (χ1n) is 8.78. The summed E-state index contributed by atoms with van der Waals surface area (Å²) in [6, 6.07) is 7.20. The van der Waals surface area contributed by atoms with Gasteiger partial charge in [0.2, 0.25) is 0 Å². The van der Waals surface area contributed by atoms with Crippen LogP contribution in [0.25, 0.3) is 0 Å². The van der Waals surface area contributed by atoms with Gasteiger partial charge in [-0.3, -0.25) is 15.6 Å². The van der Waals surface area contributed by atoms with E-state index in [0.717, 1.165) is 30.5 Å². The molecule has 3 N–H and O–H groups in total. The third kappa shape index (κ3) is 4.26. The van der Waals surface area contributed by atoms with Gasteiger partial charge in [-0.2, -0.15) is 0 Å². The summed E-state index contributed by atoms with van der Waals surface area (Å²) in [6.45, 7) is 0. The maximum atomic E-state index is 12.3. The maximum absolute atomic E-state index is 12.3. The Morgan fingerprint density at radius 3 is 2.50 bits per heavy atom. The number of amides is 1. The Labute approximate surface area is 173 Å². The number of thiophene rings is 1. The number of ether oxygens (including phenoxy) is 1. The topological polar surface area (TPSA) is 82.7 Å². The molecule has 1 aromatic carbocycles. The van der Waals surface area contributed by atoms with Crippen LogP contribution in [0.15, 0.2) is 24.3 Å². The Morgan fingerprint density at radius 2 is 1.86 bits per heavy atom. The van der Waals surface area contributed by atoms with E-state index in [1.165, 1.54) is 23.3 Å². The van der Waals surface area contributed by atoms with Crippen LogP contribution in [-0.2, 0) is 17.6 Å². The minimum Gasteiger partial charge on any atom is -0.465 e. The van der Waals surface area contributed by atoms with Crippen LogP contribution in [0.4, 0.5) is 10.7 Å². The van der Waals surface area contributed by atoms with Gasteiger partial charge in [0, 0.05) is 30.2 Å². The van der Waals surface area contributed by atoms with Crippen molar-refractivity contribution in [3.63, 3.8) is 0 Å². The molecule has 7 nitrogen and oxygen atoms in total. The van der Waals surface area contributed by atoms with Crippen molar-refractivity contribution in [1.29, 1.82) is 0 Å². The number of nitrogens with zero attached hydrogens (tertiary/aromatic N) is 1. The van der Waals surface area contributed by atoms with Crippen molar-refractivity contribution >= 4 is 51.2 Å². The van der Waals surface area contributed by atoms with Crippen LogP contribution in [-0.4, -0.2) is 38.2 Å². The number of thiocarbonyl (C=S) groups is 1. The first-order chi connectivity index (χ1) is 13.4. The molecular weight excluding hydrogens is 396 g/mol. The zero-order valence-electron chi connectivity index (χ0n) is 15.9. The highest BCUT2D eigenvalue weighted by molar-refractivity contribution is 7.80. The molecule has 0 saturated heterocycles. The van der Waals surface area contributed by atoms with E-state index >= 15 is 0 Å². The molecule has 0 unspecified atom stereocenters. The molecule has 3 rings (SSSR count). The number of methoxy groups -OCH3 is 1. The third-order valence-corrected chi connectivity index (χ3v) is 5.88. The lowest BCUT2D eigenvalue weighted by Crippen LogP contribution is -2.43. The van der Waals surface area contributed by atoms with Gasteiger partial charge >= 0.3 is 5.97 Å². The zero-order chi connectivity index (χ0) is 20.3. The quantitative estimate of drug-likeness (QED) is 0.400. The Morgan fingerprint density at radius 1 is 1.14 bits per heavy atom. The van der Waals surface area contributed by atoms with Gasteiger partial charge in [-0.05, 0) is 61.3 Å². The number of hydrogen-bond donors (Lipinski definition) is 3. The minimum atomic E-state index is -0.380. The number of rotatable bonds is 4. The lowest BCUT2D eigenvalue weighted by Gasteiger charge is -2.14. The van der Waals surface area contributed by atoms with Gasteiger partial charge < -0.3 is 15.0 Å². The summed E-state index contributed by atoms with van der Waals surface area (Å²) in [5, 5.41) is 3.84. The highest BCUT2D eigenvalue weighted by atomic mass is 32.1. The van der Waals surface area contributed by atoms with Crippen LogP contribution in [0.1, 0.15) is 37.6 Å². The lowest BCUT2D eigenvalue weighted by atomic mass is 10.1. The van der Waals surface area contributed by atoms with Gasteiger partial charge in [0.05, 0.1) is 12.7 Å². The third-order valence-electron chi connectivity index (χ3n) is 4.47. The number of aryl methyl sites for hydroxylation is 1. The van der Waals surface area contributed by atoms with E-state index in [-0.39, 0.29) is 17.0 Å². The second-order valence-electron chi connectivity index (χ2n) is 6.53. The molecular formula is C19H22N4O3S2. The number of carbonyl (C=O) groups excluding carboxylic acids is 2. The first kappa shape index (κ1) is 20.1. The van der Waals surface area contributed by atoms with Gasteiger partial charge in [-0.25, -0.2) is 4.79 Å². The van der Waals surface area contributed by atoms with Crippen LogP contribution in [0.5, 0.6) is 0 Å². The van der Waals surface area contributed by atoms with Crippen molar-refractivity contribution in [1.82, 2.24) is 10.9 Å². The Hall–Kier alpha value is -2.65. The highest BCUT2D eigenvalue weighted by Crippen LogP contribution is 2.39. The van der Waals surface area contributed by atoms with Crippen LogP contribution in [0, 0.1) is 0 Å². The fourth-order valence-corrected chi connectivity index (χ4v) is 4.54. The van der Waals surface area contributed by atoms with Crippen LogP contribution in [0.3, 0.4) is 0 Å². The van der Waals surface area contributed by atoms with E-state index in [4.69, 9.17) is 17.0 Å². The van der Waals surface area contributed by atoms with Crippen molar-refractivity contribution in [2.24, 2.45) is 0 Å². The van der Waals surface area contributed by atoms with Crippen LogP contribution >= 0.6 is 23.6 Å². The van der Waals surface area contributed by atoms with Gasteiger partial charge in [-0.1, -0.05) is 0 Å². The number of hydrazine groups is 1. The predicted octanol–water partition coefficient (Wildman–Crippen LogP) is 2.72. The highest BCUT2D eigenvalue weighted by Gasteiger charge is 2.27. The average molecular weight is 419 g/mol. The number of carbonyl (C=O) groups is 2. The molecule has 2 aromatic rings. The monoisotopic (exact) mass is 418 g/mol. The minimum absolute atomic E-state index is 0.198. The molecule has 1 aromatic heterocycles. The Balaban J connectivity index is 1.62. The average Bonchev–Trinajstić information content (AvgIpc) is 3.26. The van der Waals surface area contributed by atoms with Crippen LogP contribution in [0.2, 0.25) is 0 Å². The number of fused-ring (bicyclic) bond motifs is 1. The number of benzene rings is 1. The van der Waals surface area contributed by atoms with Crippen LogP contribution < -0.4 is 21.1 Å². The standard InChI is InChI=1S/C19H22N4O3S2/c1-23(2)12-9-7-11(8-10-12)16(24)21-22-19(27)20-17-15(18(25)26-3)13-5-4-6-14(13)28-17/h7-10H,4-6H2,1-3H3,(H,21,24)(H2,20,22,27). The fraction of sp³-hybridized carbons (Fsp3) is 0.316. The zero-order valence-corrected chi connectivity index (χ0v) is 17.6. The smallest absolute Gasteiger partial charge is 0.341 e. The molecule has 0 aliphatic heterocycles. The van der Waals surface area contributed by atoms with Crippen molar-refractivity contribution in [2.75, 3.05) is 31.4 Å². The molecule has 28 heavy (non-hydrogen) atoms. The van der Waals surface area contributed by atoms with Gasteiger partial charge in [0.15, 0.2) is 5.11 Å². The normalized spacial score (nSPS) is 12.1. The van der Waals surface area contributed by atoms with E-state index in [1.807, 2.05) is 31.1 Å². The molecule has 1 aliphatic carbocycles. The molecule has 0 saturated carbocycles. The second kappa shape index (κ2) is 8.57. The number of nitrogens with one attached hydrogen (secondary N) is 3. The summed E-state index contributed by atoms with van der Waals surface area (Å²) >= 11 is 6.76. The van der Waals surface area contributed by atoms with Crippen molar-refractivity contribution < 1.29 is 14.3 Å². The summed E-state index contributed by atoms with van der Waals surface area (Å²) in [4.78, 5) is 27.6. The predicted molar refractivity (Wildman–Crippen MR) is 115 cm³/mol. The van der Waals surface area contributed by atoms with Crippen molar-refractivity contribution in [3.8, 4) is 0 Å². The van der Waals surface area contributed by atoms with Crippen molar-refractivity contribution in [2.45, 2.75) is 19.3 Å². The van der Waals surface area contributed by atoms with E-state index in [2.05, 4.69) is 16.2 Å². The van der Waals surface area contributed by atoms with E-state index in [0.29, 0.717) is 16.1 Å². The Kier molecular flexibility index (Phi) is 6.15. The molecule has 9 heteroatoms. The SMILES string of the molecule is COC(=O)c1c(NC(=S)NNC(=O)c2ccc(N(C)C)cc2)sc2c1CCC2. The number of esters is 1. The first-order valence-corrected chi connectivity index (χ1v) is 10.0. The van der Waals surface area contributed by atoms with Gasteiger partial charge in [-0.15, -0.1) is 11.3 Å². The lowest BCUT2D eigenvalue weighted by molar-refractivity contribution is 0.0601. The molecule has 1 amide bonds. The molecule has 148 valence electrons. The summed E-state index contributed by atoms with van der Waals surface area (Å²) in [7, 11) is 5.23. The van der Waals surface area contributed by atoms with Crippen molar-refractivity contribution in [3.05, 3.63) is 45.8 Å². The van der Waals surface area contributed by atoms with Gasteiger partial charge in [0.25, 0.3) is 5.91 Å². The second-order valence-corrected chi connectivity index (χ2v) is 8.04. The number of hydrogen-bond acceptors (Lipinski definition) is 6. The summed E-state index contributed by atoms with van der Waals surface area (Å²) in [6.07, 6.45) is 2.85. The maximum Gasteiger partial charge on any atom is 0.341 e. The molecule has 0 atom stereocenters. The van der Waals surface area contributed by atoms with E-state index in [9.17, 15) is 9.59 Å². The number of anilines is 2. The molecule has 0 radical (unpaired) electrons. The molecule has 1 aliphatic rings. The summed E-state index contributed by atoms with van der Waals surface area (Å²) < 4.78 is 4.92. The van der Waals surface area contributed by atoms with E-state index < -0.39 is 0 Å². The largest absolute Gasteiger partial charge is 0.465 e. The summed E-state index contributed by atoms with van der Waals surface area (Å²) in [5.41, 5.74) is 8.32. The fourth-order valence-electron chi connectivity index (χ4n) is 3.04. The van der Waals surface area contributed by atoms with Gasteiger partial charge in [0.1, 0.15) is 5.00 Å².